The molecule has 2 aromatic carbocycles. The van der Waals surface area contributed by atoms with Crippen molar-refractivity contribution in [2.24, 2.45) is 0 Å². The zero-order chi connectivity index (χ0) is 22.9. The highest BCUT2D eigenvalue weighted by Crippen LogP contribution is 2.32. The zero-order valence-corrected chi connectivity index (χ0v) is 18.5. The number of nitrogens with zero attached hydrogens (tertiary/aromatic N) is 3. The molecule has 0 spiro atoms. The molecule has 0 radical (unpaired) electrons. The molecule has 7 heteroatoms. The third-order valence-electron chi connectivity index (χ3n) is 6.32. The van der Waals surface area contributed by atoms with E-state index in [-0.39, 0.29) is 11.9 Å². The van der Waals surface area contributed by atoms with E-state index in [0.717, 1.165) is 65.3 Å². The van der Waals surface area contributed by atoms with Gasteiger partial charge in [-0.2, -0.15) is 0 Å². The van der Waals surface area contributed by atoms with Gasteiger partial charge >= 0.3 is 0 Å². The molecule has 170 valence electrons. The van der Waals surface area contributed by atoms with Gasteiger partial charge in [0.25, 0.3) is 0 Å². The van der Waals surface area contributed by atoms with Gasteiger partial charge in [0.1, 0.15) is 23.5 Å². The van der Waals surface area contributed by atoms with Crippen molar-refractivity contribution in [1.29, 1.82) is 0 Å². The summed E-state index contributed by atoms with van der Waals surface area (Å²) < 4.78 is 20.0. The Morgan fingerprint density at radius 3 is 2.71 bits per heavy atom. The average Bonchev–Trinajstić information content (AvgIpc) is 3.24. The summed E-state index contributed by atoms with van der Waals surface area (Å²) in [7, 11) is 0. The number of hydrogen-bond acceptors (Lipinski definition) is 5. The Hall–Kier alpha value is -4.13. The second-order valence-electron chi connectivity index (χ2n) is 8.56. The molecule has 1 fully saturated rings. The number of hydrogen-bond donors (Lipinski definition) is 2. The minimum Gasteiger partial charge on any atom is -0.490 e. The number of nitrogens with one attached hydrogen (secondary N) is 2. The van der Waals surface area contributed by atoms with Crippen molar-refractivity contribution in [2.75, 3.05) is 23.3 Å². The standard InChI is InChI=1S/C27H24FN5O/c28-23-16-30-24-14-18(6-7-21(23)24)31-27-15-26(22-8-11-29-17-25(22)32-27)33-12-9-20(10-13-33)34-19-4-2-1-3-5-19/h1-8,11,14-17,20,30H,9-10,12-13H2,(H,31,32). The Labute approximate surface area is 196 Å². The SMILES string of the molecule is Fc1c[nH]c2cc(Nc3cc(N4CCC(Oc5ccccc5)CC4)c4ccncc4n3)ccc12. The van der Waals surface area contributed by atoms with Gasteiger partial charge in [0, 0.05) is 66.5 Å². The molecule has 0 amide bonds. The van der Waals surface area contributed by atoms with Crippen molar-refractivity contribution in [3.63, 3.8) is 0 Å². The van der Waals surface area contributed by atoms with Crippen molar-refractivity contribution in [3.05, 3.63) is 85.1 Å². The lowest BCUT2D eigenvalue weighted by molar-refractivity contribution is 0.171. The fourth-order valence-electron chi connectivity index (χ4n) is 4.61. The molecule has 1 saturated heterocycles. The minimum absolute atomic E-state index is 0.207. The van der Waals surface area contributed by atoms with Gasteiger partial charge in [-0.3, -0.25) is 4.98 Å². The fraction of sp³-hybridized carbons (Fsp3) is 0.185. The van der Waals surface area contributed by atoms with Crippen LogP contribution in [-0.2, 0) is 0 Å². The highest BCUT2D eigenvalue weighted by atomic mass is 19.1. The van der Waals surface area contributed by atoms with E-state index < -0.39 is 0 Å². The van der Waals surface area contributed by atoms with Gasteiger partial charge < -0.3 is 19.9 Å². The molecule has 0 atom stereocenters. The summed E-state index contributed by atoms with van der Waals surface area (Å²) in [5, 5.41) is 5.03. The molecule has 2 N–H and O–H groups in total. The average molecular weight is 454 g/mol. The Bertz CT molecular complexity index is 1440. The highest BCUT2D eigenvalue weighted by Gasteiger charge is 2.23. The molecule has 0 aliphatic carbocycles. The summed E-state index contributed by atoms with van der Waals surface area (Å²) in [6.45, 7) is 1.79. The van der Waals surface area contributed by atoms with E-state index in [9.17, 15) is 4.39 Å². The molecule has 5 aromatic rings. The van der Waals surface area contributed by atoms with Crippen LogP contribution >= 0.6 is 0 Å². The van der Waals surface area contributed by atoms with E-state index in [0.29, 0.717) is 5.39 Å². The van der Waals surface area contributed by atoms with Crippen LogP contribution in [-0.4, -0.2) is 34.1 Å². The number of halogens is 1. The lowest BCUT2D eigenvalue weighted by Crippen LogP contribution is -2.38. The number of ether oxygens (including phenoxy) is 1. The molecular weight excluding hydrogens is 429 g/mol. The number of para-hydroxylation sites is 1. The van der Waals surface area contributed by atoms with Crippen LogP contribution in [0.4, 0.5) is 21.6 Å². The van der Waals surface area contributed by atoms with Crippen LogP contribution in [0.3, 0.4) is 0 Å². The lowest BCUT2D eigenvalue weighted by atomic mass is 10.1. The van der Waals surface area contributed by atoms with Crippen molar-refractivity contribution in [2.45, 2.75) is 18.9 Å². The normalized spacial score (nSPS) is 14.6. The van der Waals surface area contributed by atoms with Gasteiger partial charge in [-0.15, -0.1) is 0 Å². The number of anilines is 3. The third-order valence-corrected chi connectivity index (χ3v) is 6.32. The molecule has 1 aliphatic rings. The van der Waals surface area contributed by atoms with Gasteiger partial charge in [0.15, 0.2) is 0 Å². The van der Waals surface area contributed by atoms with Crippen molar-refractivity contribution >= 4 is 39.0 Å². The van der Waals surface area contributed by atoms with Crippen LogP contribution in [0.1, 0.15) is 12.8 Å². The minimum atomic E-state index is -0.251. The Kier molecular flexibility index (Phi) is 5.22. The van der Waals surface area contributed by atoms with Gasteiger partial charge in [-0.25, -0.2) is 9.37 Å². The van der Waals surface area contributed by atoms with Gasteiger partial charge in [0.05, 0.1) is 17.2 Å². The number of benzene rings is 2. The maximum absolute atomic E-state index is 13.8. The van der Waals surface area contributed by atoms with Crippen LogP contribution in [0.25, 0.3) is 21.8 Å². The van der Waals surface area contributed by atoms with Gasteiger partial charge in [-0.1, -0.05) is 18.2 Å². The maximum atomic E-state index is 13.8. The molecule has 0 saturated carbocycles. The van der Waals surface area contributed by atoms with E-state index >= 15 is 0 Å². The Balaban J connectivity index is 1.25. The number of fused-ring (bicyclic) bond motifs is 2. The summed E-state index contributed by atoms with van der Waals surface area (Å²) in [5.41, 5.74) is 3.54. The molecule has 6 nitrogen and oxygen atoms in total. The first-order chi connectivity index (χ1) is 16.7. The number of aromatic amines is 1. The molecule has 3 aromatic heterocycles. The molecule has 34 heavy (non-hydrogen) atoms. The summed E-state index contributed by atoms with van der Waals surface area (Å²) >= 11 is 0. The maximum Gasteiger partial charge on any atom is 0.148 e. The molecule has 0 bridgehead atoms. The molecule has 0 unspecified atom stereocenters. The van der Waals surface area contributed by atoms with Crippen LogP contribution in [0.15, 0.2) is 79.3 Å². The summed E-state index contributed by atoms with van der Waals surface area (Å²) in [6, 6.07) is 19.6. The number of pyridine rings is 2. The quantitative estimate of drug-likeness (QED) is 0.340. The fourth-order valence-corrected chi connectivity index (χ4v) is 4.61. The molecule has 4 heterocycles. The van der Waals surface area contributed by atoms with Crippen LogP contribution in [0, 0.1) is 5.82 Å². The smallest absolute Gasteiger partial charge is 0.148 e. The van der Waals surface area contributed by atoms with Crippen LogP contribution < -0.4 is 15.0 Å². The third kappa shape index (κ3) is 4.01. The van der Waals surface area contributed by atoms with Gasteiger partial charge in [0.2, 0.25) is 0 Å². The largest absolute Gasteiger partial charge is 0.490 e. The van der Waals surface area contributed by atoms with E-state index in [1.807, 2.05) is 48.5 Å². The molecule has 1 aliphatic heterocycles. The summed E-state index contributed by atoms with van der Waals surface area (Å²) in [5.74, 6) is 1.40. The first-order valence-electron chi connectivity index (χ1n) is 11.5. The highest BCUT2D eigenvalue weighted by molar-refractivity contribution is 5.93. The monoisotopic (exact) mass is 453 g/mol. The van der Waals surface area contributed by atoms with Gasteiger partial charge in [-0.05, 0) is 36.4 Å². The lowest BCUT2D eigenvalue weighted by Gasteiger charge is -2.34. The van der Waals surface area contributed by atoms with E-state index in [4.69, 9.17) is 9.72 Å². The first kappa shape index (κ1) is 20.5. The van der Waals surface area contributed by atoms with E-state index in [1.165, 1.54) is 6.20 Å². The first-order valence-corrected chi connectivity index (χ1v) is 11.5. The van der Waals surface area contributed by atoms with Crippen LogP contribution in [0.2, 0.25) is 0 Å². The molecular formula is C27H24FN5O. The topological polar surface area (TPSA) is 66.1 Å². The molecule has 6 rings (SSSR count). The van der Waals surface area contributed by atoms with Crippen molar-refractivity contribution in [3.8, 4) is 5.75 Å². The number of aromatic nitrogens is 3. The summed E-state index contributed by atoms with van der Waals surface area (Å²) in [4.78, 5) is 14.4. The predicted octanol–water partition coefficient (Wildman–Crippen LogP) is 6.04. The summed E-state index contributed by atoms with van der Waals surface area (Å²) in [6.07, 6.45) is 7.07. The van der Waals surface area contributed by atoms with E-state index in [2.05, 4.69) is 26.3 Å². The van der Waals surface area contributed by atoms with E-state index in [1.54, 1.807) is 18.5 Å². The number of rotatable bonds is 5. The van der Waals surface area contributed by atoms with Crippen molar-refractivity contribution in [1.82, 2.24) is 15.0 Å². The Morgan fingerprint density at radius 2 is 1.85 bits per heavy atom. The van der Waals surface area contributed by atoms with Crippen molar-refractivity contribution < 1.29 is 9.13 Å². The predicted molar refractivity (Wildman–Crippen MR) is 133 cm³/mol. The number of piperidine rings is 1. The second-order valence-corrected chi connectivity index (χ2v) is 8.56. The Morgan fingerprint density at radius 1 is 1.00 bits per heavy atom. The number of H-pyrrole nitrogens is 1. The zero-order valence-electron chi connectivity index (χ0n) is 18.5. The second kappa shape index (κ2) is 8.67. The van der Waals surface area contributed by atoms with Crippen LogP contribution in [0.5, 0.6) is 5.75 Å².